The van der Waals surface area contributed by atoms with Gasteiger partial charge >= 0.3 is 6.09 Å². The number of carbonyl (C=O) groups is 1. The van der Waals surface area contributed by atoms with Crippen molar-refractivity contribution in [3.8, 4) is 0 Å². The largest absolute Gasteiger partial charge is 0.444 e. The molecule has 2 N–H and O–H groups in total. The molecule has 8 heteroatoms. The summed E-state index contributed by atoms with van der Waals surface area (Å²) in [5, 5.41) is 6.70. The van der Waals surface area contributed by atoms with Gasteiger partial charge in [-0.05, 0) is 56.2 Å². The predicted molar refractivity (Wildman–Crippen MR) is 106 cm³/mol. The smallest absolute Gasteiger partial charge is 0.416 e. The highest BCUT2D eigenvalue weighted by atomic mass is 19.1. The monoisotopic (exact) mass is 399 g/mol. The SMILES string of the molecule is Cc1ncc(F)c2c1CC(CN[C@H]1C[C@H](C3CN(C4=CNCC=N4)C(=O)O3)C1)C2. The average Bonchev–Trinajstić information content (AvgIpc) is 3.29. The van der Waals surface area contributed by atoms with Crippen molar-refractivity contribution in [3.05, 3.63) is 40.9 Å². The van der Waals surface area contributed by atoms with Gasteiger partial charge in [-0.1, -0.05) is 0 Å². The quantitative estimate of drug-likeness (QED) is 0.791. The number of halogens is 1. The van der Waals surface area contributed by atoms with Crippen molar-refractivity contribution < 1.29 is 13.9 Å². The van der Waals surface area contributed by atoms with Crippen LogP contribution >= 0.6 is 0 Å². The van der Waals surface area contributed by atoms with Crippen molar-refractivity contribution in [1.29, 1.82) is 0 Å². The van der Waals surface area contributed by atoms with E-state index in [1.807, 2.05) is 6.92 Å². The molecule has 1 saturated carbocycles. The zero-order valence-electron chi connectivity index (χ0n) is 16.5. The van der Waals surface area contributed by atoms with Crippen molar-refractivity contribution in [2.45, 2.75) is 44.8 Å². The molecular weight excluding hydrogens is 373 g/mol. The average molecular weight is 399 g/mol. The molecular formula is C21H26FN5O2. The maximum Gasteiger partial charge on any atom is 0.416 e. The van der Waals surface area contributed by atoms with Crippen molar-refractivity contribution in [2.75, 3.05) is 19.6 Å². The molecule has 2 aliphatic heterocycles. The highest BCUT2D eigenvalue weighted by molar-refractivity contribution is 5.73. The first-order valence-corrected chi connectivity index (χ1v) is 10.4. The zero-order valence-corrected chi connectivity index (χ0v) is 16.5. The molecule has 2 atom stereocenters. The number of amides is 1. The maximum absolute atomic E-state index is 14.0. The fourth-order valence-corrected chi connectivity index (χ4v) is 4.87. The van der Waals surface area contributed by atoms with Crippen LogP contribution in [0, 0.1) is 24.6 Å². The van der Waals surface area contributed by atoms with Crippen molar-refractivity contribution in [1.82, 2.24) is 20.5 Å². The summed E-state index contributed by atoms with van der Waals surface area (Å²) in [6.07, 6.45) is 8.16. The third kappa shape index (κ3) is 3.50. The van der Waals surface area contributed by atoms with E-state index < -0.39 is 0 Å². The normalized spacial score (nSPS) is 30.5. The van der Waals surface area contributed by atoms with Crippen LogP contribution in [0.15, 0.2) is 23.2 Å². The Balaban J connectivity index is 1.08. The van der Waals surface area contributed by atoms with Crippen LogP contribution in [0.4, 0.5) is 9.18 Å². The Labute approximate surface area is 169 Å². The number of rotatable bonds is 5. The van der Waals surface area contributed by atoms with Crippen LogP contribution in [-0.4, -0.2) is 54.0 Å². The van der Waals surface area contributed by atoms with E-state index in [0.29, 0.717) is 36.8 Å². The summed E-state index contributed by atoms with van der Waals surface area (Å²) in [7, 11) is 0. The van der Waals surface area contributed by atoms with Crippen LogP contribution in [0.5, 0.6) is 0 Å². The molecule has 7 nitrogen and oxygen atoms in total. The van der Waals surface area contributed by atoms with Gasteiger partial charge in [-0.2, -0.15) is 0 Å². The first-order valence-electron chi connectivity index (χ1n) is 10.4. The Kier molecular flexibility index (Phi) is 4.73. The Morgan fingerprint density at radius 1 is 1.34 bits per heavy atom. The first kappa shape index (κ1) is 18.5. The molecule has 4 aliphatic rings. The van der Waals surface area contributed by atoms with Crippen LogP contribution in [0.3, 0.4) is 0 Å². The number of nitrogens with zero attached hydrogens (tertiary/aromatic N) is 3. The topological polar surface area (TPSA) is 78.9 Å². The lowest BCUT2D eigenvalue weighted by Crippen LogP contribution is -2.48. The highest BCUT2D eigenvalue weighted by Gasteiger charge is 2.44. The summed E-state index contributed by atoms with van der Waals surface area (Å²) in [6, 6.07) is 0.439. The molecule has 1 amide bonds. The fraction of sp³-hybridized carbons (Fsp3) is 0.571. The third-order valence-electron chi connectivity index (χ3n) is 6.62. The van der Waals surface area contributed by atoms with E-state index in [1.165, 1.54) is 6.20 Å². The summed E-state index contributed by atoms with van der Waals surface area (Å²) >= 11 is 0. The molecule has 2 fully saturated rings. The molecule has 29 heavy (non-hydrogen) atoms. The number of aryl methyl sites for hydroxylation is 1. The number of nitrogens with one attached hydrogen (secondary N) is 2. The first-order chi connectivity index (χ1) is 14.1. The standard InChI is InChI=1S/C21H26FN5O2/c1-12-16-4-13(5-17(16)18(22)9-25-12)8-26-15-6-14(7-15)19-11-27(21(28)29-19)20-10-23-2-3-24-20/h3,9-10,13-15,19,23,26H,2,4-8,11H2,1H3/t13?,14-,15-,19?. The lowest BCUT2D eigenvalue weighted by Gasteiger charge is -2.39. The van der Waals surface area contributed by atoms with Gasteiger partial charge in [0.1, 0.15) is 11.9 Å². The van der Waals surface area contributed by atoms with Gasteiger partial charge in [0.15, 0.2) is 5.82 Å². The highest BCUT2D eigenvalue weighted by Crippen LogP contribution is 2.36. The van der Waals surface area contributed by atoms with E-state index in [2.05, 4.69) is 20.6 Å². The third-order valence-corrected chi connectivity index (χ3v) is 6.62. The second-order valence-corrected chi connectivity index (χ2v) is 8.51. The van der Waals surface area contributed by atoms with E-state index >= 15 is 0 Å². The van der Waals surface area contributed by atoms with Crippen molar-refractivity contribution in [2.24, 2.45) is 16.8 Å². The number of aliphatic imine (C=N–C) groups is 1. The second kappa shape index (κ2) is 7.40. The van der Waals surface area contributed by atoms with Crippen LogP contribution in [0.1, 0.15) is 29.7 Å². The van der Waals surface area contributed by atoms with Crippen LogP contribution in [0.2, 0.25) is 0 Å². The Bertz CT molecular complexity index is 849. The number of hydrogen-bond donors (Lipinski definition) is 2. The van der Waals surface area contributed by atoms with Crippen LogP contribution < -0.4 is 10.6 Å². The zero-order chi connectivity index (χ0) is 20.0. The lowest BCUT2D eigenvalue weighted by molar-refractivity contribution is 0.0526. The molecule has 2 unspecified atom stereocenters. The van der Waals surface area contributed by atoms with E-state index in [9.17, 15) is 9.18 Å². The van der Waals surface area contributed by atoms with E-state index in [0.717, 1.165) is 49.0 Å². The van der Waals surface area contributed by atoms with Crippen LogP contribution in [-0.2, 0) is 17.6 Å². The summed E-state index contributed by atoms with van der Waals surface area (Å²) in [4.78, 5) is 22.2. The number of fused-ring (bicyclic) bond motifs is 1. The van der Waals surface area contributed by atoms with Crippen LogP contribution in [0.25, 0.3) is 0 Å². The molecule has 0 aromatic carbocycles. The molecule has 3 heterocycles. The Hall–Kier alpha value is -2.48. The minimum absolute atomic E-state index is 0.0721. The predicted octanol–water partition coefficient (Wildman–Crippen LogP) is 1.91. The molecule has 0 radical (unpaired) electrons. The molecule has 0 bridgehead atoms. The molecule has 2 aliphatic carbocycles. The Morgan fingerprint density at radius 2 is 2.17 bits per heavy atom. The van der Waals surface area contributed by atoms with Gasteiger partial charge in [0.05, 0.1) is 12.7 Å². The molecule has 1 aromatic rings. The summed E-state index contributed by atoms with van der Waals surface area (Å²) in [5.41, 5.74) is 2.89. The Morgan fingerprint density at radius 3 is 2.93 bits per heavy atom. The molecule has 5 rings (SSSR count). The van der Waals surface area contributed by atoms with Gasteiger partial charge < -0.3 is 15.4 Å². The molecule has 1 aromatic heterocycles. The number of aromatic nitrogens is 1. The van der Waals surface area contributed by atoms with E-state index in [1.54, 1.807) is 17.3 Å². The van der Waals surface area contributed by atoms with Gasteiger partial charge in [0.25, 0.3) is 0 Å². The van der Waals surface area contributed by atoms with Crippen molar-refractivity contribution in [3.63, 3.8) is 0 Å². The summed E-state index contributed by atoms with van der Waals surface area (Å²) < 4.78 is 19.6. The minimum atomic E-state index is -0.312. The number of cyclic esters (lactones) is 1. The van der Waals surface area contributed by atoms with E-state index in [-0.39, 0.29) is 18.0 Å². The maximum atomic E-state index is 14.0. The summed E-state index contributed by atoms with van der Waals surface area (Å²) in [6.45, 7) is 4.08. The second-order valence-electron chi connectivity index (χ2n) is 8.51. The summed E-state index contributed by atoms with van der Waals surface area (Å²) in [5.74, 6) is 1.25. The molecule has 1 saturated heterocycles. The fourth-order valence-electron chi connectivity index (χ4n) is 4.87. The molecule has 0 spiro atoms. The van der Waals surface area contributed by atoms with Gasteiger partial charge in [-0.15, -0.1) is 0 Å². The number of carbonyl (C=O) groups excluding carboxylic acids is 1. The lowest BCUT2D eigenvalue weighted by atomic mass is 9.76. The number of hydrogen-bond acceptors (Lipinski definition) is 6. The van der Waals surface area contributed by atoms with E-state index in [4.69, 9.17) is 4.74 Å². The van der Waals surface area contributed by atoms with Crippen molar-refractivity contribution >= 4 is 12.3 Å². The number of pyridine rings is 1. The van der Waals surface area contributed by atoms with Gasteiger partial charge in [0, 0.05) is 36.6 Å². The van der Waals surface area contributed by atoms with Gasteiger partial charge in [-0.3, -0.25) is 9.88 Å². The molecule has 154 valence electrons. The van der Waals surface area contributed by atoms with Gasteiger partial charge in [-0.25, -0.2) is 14.2 Å². The number of ether oxygens (including phenoxy) is 1. The van der Waals surface area contributed by atoms with Gasteiger partial charge in [0.2, 0.25) is 0 Å². The minimum Gasteiger partial charge on any atom is -0.444 e.